The number of piperidine rings is 1. The van der Waals surface area contributed by atoms with E-state index in [-0.39, 0.29) is 18.4 Å². The van der Waals surface area contributed by atoms with Crippen molar-refractivity contribution in [3.63, 3.8) is 0 Å². The zero-order valence-electron chi connectivity index (χ0n) is 17.3. The first kappa shape index (κ1) is 22.1. The third-order valence-corrected chi connectivity index (χ3v) is 7.19. The molecule has 1 saturated heterocycles. The second-order valence-corrected chi connectivity index (χ2v) is 9.42. The number of carbonyl (C=O) groups excluding carboxylic acids is 1. The molecule has 0 unspecified atom stereocenters. The average Bonchev–Trinajstić information content (AvgIpc) is 2.73. The van der Waals surface area contributed by atoms with Gasteiger partial charge < -0.3 is 15.7 Å². The van der Waals surface area contributed by atoms with Gasteiger partial charge in [-0.2, -0.15) is 0 Å². The molecule has 7 heteroatoms. The molecule has 1 amide bonds. The lowest BCUT2D eigenvalue weighted by Crippen LogP contribution is -2.45. The van der Waals surface area contributed by atoms with Crippen LogP contribution in [0.15, 0.2) is 17.2 Å². The fourth-order valence-electron chi connectivity index (χ4n) is 4.44. The van der Waals surface area contributed by atoms with Crippen molar-refractivity contribution in [1.29, 1.82) is 0 Å². The van der Waals surface area contributed by atoms with Gasteiger partial charge in [-0.1, -0.05) is 26.2 Å². The lowest BCUT2D eigenvalue weighted by molar-refractivity contribution is -0.138. The summed E-state index contributed by atoms with van der Waals surface area (Å²) in [4.78, 5) is 29.4. The topological polar surface area (TPSA) is 91.3 Å². The van der Waals surface area contributed by atoms with Gasteiger partial charge in [-0.05, 0) is 56.5 Å². The van der Waals surface area contributed by atoms with E-state index < -0.39 is 11.4 Å². The van der Waals surface area contributed by atoms with Gasteiger partial charge in [0.2, 0.25) is 0 Å². The number of nitrogens with one attached hydrogen (secondary N) is 2. The number of rotatable bonds is 8. The average molecular weight is 420 g/mol. The molecular weight excluding hydrogens is 386 g/mol. The Morgan fingerprint density at radius 2 is 2.07 bits per heavy atom. The summed E-state index contributed by atoms with van der Waals surface area (Å²) in [7, 11) is 0. The van der Waals surface area contributed by atoms with Crippen molar-refractivity contribution in [3.8, 4) is 0 Å². The summed E-state index contributed by atoms with van der Waals surface area (Å²) in [5, 5.41) is 16.8. The molecule has 1 atom stereocenters. The predicted octanol–water partition coefficient (Wildman–Crippen LogP) is 3.74. The molecule has 6 nitrogen and oxygen atoms in total. The van der Waals surface area contributed by atoms with Crippen molar-refractivity contribution in [1.82, 2.24) is 15.6 Å². The zero-order valence-corrected chi connectivity index (χ0v) is 18.2. The van der Waals surface area contributed by atoms with Gasteiger partial charge in [-0.3, -0.25) is 9.59 Å². The molecule has 29 heavy (non-hydrogen) atoms. The van der Waals surface area contributed by atoms with Crippen LogP contribution in [0.1, 0.15) is 80.8 Å². The van der Waals surface area contributed by atoms with Crippen LogP contribution < -0.4 is 10.6 Å². The number of carboxylic acids is 1. The molecule has 1 aromatic heterocycles. The van der Waals surface area contributed by atoms with Crippen LogP contribution in [0.4, 0.5) is 0 Å². The maximum Gasteiger partial charge on any atom is 0.304 e. The highest BCUT2D eigenvalue weighted by atomic mass is 32.2. The van der Waals surface area contributed by atoms with Gasteiger partial charge >= 0.3 is 5.97 Å². The Kier molecular flexibility index (Phi) is 7.95. The number of thioether (sulfide) groups is 1. The maximum atomic E-state index is 13.0. The van der Waals surface area contributed by atoms with Crippen molar-refractivity contribution < 1.29 is 14.7 Å². The number of nitrogens with zero attached hydrogens (tertiary/aromatic N) is 1. The first-order valence-corrected chi connectivity index (χ1v) is 11.9. The lowest BCUT2D eigenvalue weighted by Gasteiger charge is -2.36. The molecule has 0 radical (unpaired) electrons. The normalized spacial score (nSPS) is 22.9. The highest BCUT2D eigenvalue weighted by Gasteiger charge is 2.38. The summed E-state index contributed by atoms with van der Waals surface area (Å²) in [5.74, 6) is 0.0191. The van der Waals surface area contributed by atoms with Crippen LogP contribution in [-0.4, -0.2) is 46.9 Å². The number of amides is 1. The molecule has 2 heterocycles. The molecule has 2 fully saturated rings. The van der Waals surface area contributed by atoms with Gasteiger partial charge in [0.15, 0.2) is 0 Å². The van der Waals surface area contributed by atoms with Crippen LogP contribution in [-0.2, 0) is 10.2 Å². The van der Waals surface area contributed by atoms with Crippen molar-refractivity contribution >= 4 is 23.6 Å². The number of aliphatic carboxylic acids is 1. The molecule has 1 aromatic rings. The van der Waals surface area contributed by atoms with E-state index in [4.69, 9.17) is 4.98 Å². The number of hydrogen-bond acceptors (Lipinski definition) is 5. The van der Waals surface area contributed by atoms with Crippen LogP contribution in [0.3, 0.4) is 0 Å². The standard InChI is InChI=1S/C22H33N3O3S/c1-2-13-29-21-17(20(28)24-16-7-4-3-5-8-16)9-10-18(25-21)22(14-19(26)27)11-6-12-23-15-22/h9-10,16,23H,2-8,11-15H2,1H3,(H,24,28)(H,26,27)/t22-/m0/s1. The SMILES string of the molecule is CCCSc1nc([C@]2(CC(=O)O)CCCNC2)ccc1C(=O)NC1CCCCC1. The number of aromatic nitrogens is 1. The summed E-state index contributed by atoms with van der Waals surface area (Å²) in [6.45, 7) is 3.62. The van der Waals surface area contributed by atoms with Crippen LogP contribution in [0.5, 0.6) is 0 Å². The van der Waals surface area contributed by atoms with Gasteiger partial charge in [0.1, 0.15) is 5.03 Å². The fourth-order valence-corrected chi connectivity index (χ4v) is 5.32. The van der Waals surface area contributed by atoms with Gasteiger partial charge in [0, 0.05) is 23.7 Å². The van der Waals surface area contributed by atoms with Crippen molar-refractivity contribution in [2.45, 2.75) is 81.2 Å². The molecule has 160 valence electrons. The highest BCUT2D eigenvalue weighted by molar-refractivity contribution is 7.99. The molecule has 3 rings (SSSR count). The van der Waals surface area contributed by atoms with E-state index in [1.807, 2.05) is 12.1 Å². The fraction of sp³-hybridized carbons (Fsp3) is 0.682. The number of hydrogen-bond donors (Lipinski definition) is 3. The number of carboxylic acid groups (broad SMARTS) is 1. The van der Waals surface area contributed by atoms with Crippen molar-refractivity contribution in [2.24, 2.45) is 0 Å². The molecule has 3 N–H and O–H groups in total. The summed E-state index contributed by atoms with van der Waals surface area (Å²) in [6, 6.07) is 3.99. The Labute approximate surface area is 177 Å². The molecule has 0 aromatic carbocycles. The second-order valence-electron chi connectivity index (χ2n) is 8.34. The van der Waals surface area contributed by atoms with E-state index in [1.54, 1.807) is 11.8 Å². The third kappa shape index (κ3) is 5.72. The number of carbonyl (C=O) groups is 2. The molecule has 0 spiro atoms. The summed E-state index contributed by atoms with van der Waals surface area (Å²) >= 11 is 1.59. The van der Waals surface area contributed by atoms with Gasteiger partial charge in [-0.15, -0.1) is 11.8 Å². The van der Waals surface area contributed by atoms with Crippen LogP contribution in [0.2, 0.25) is 0 Å². The van der Waals surface area contributed by atoms with Gasteiger partial charge in [0.05, 0.1) is 12.0 Å². The Bertz CT molecular complexity index is 713. The lowest BCUT2D eigenvalue weighted by atomic mass is 9.74. The Morgan fingerprint density at radius 3 is 2.72 bits per heavy atom. The van der Waals surface area contributed by atoms with E-state index in [2.05, 4.69) is 17.6 Å². The molecule has 1 aliphatic heterocycles. The van der Waals surface area contributed by atoms with Crippen molar-refractivity contribution in [3.05, 3.63) is 23.4 Å². The van der Waals surface area contributed by atoms with E-state index in [0.717, 1.165) is 55.1 Å². The van der Waals surface area contributed by atoms with E-state index >= 15 is 0 Å². The quantitative estimate of drug-likeness (QED) is 0.556. The zero-order chi connectivity index (χ0) is 20.7. The van der Waals surface area contributed by atoms with Gasteiger partial charge in [-0.25, -0.2) is 4.98 Å². The van der Waals surface area contributed by atoms with E-state index in [0.29, 0.717) is 12.1 Å². The van der Waals surface area contributed by atoms with E-state index in [9.17, 15) is 14.7 Å². The number of pyridine rings is 1. The summed E-state index contributed by atoms with van der Waals surface area (Å²) in [6.07, 6.45) is 8.44. The Morgan fingerprint density at radius 1 is 1.28 bits per heavy atom. The first-order chi connectivity index (χ1) is 14.0. The van der Waals surface area contributed by atoms with Gasteiger partial charge in [0.25, 0.3) is 5.91 Å². The second kappa shape index (κ2) is 10.4. The first-order valence-electron chi connectivity index (χ1n) is 10.9. The summed E-state index contributed by atoms with van der Waals surface area (Å²) < 4.78 is 0. The van der Waals surface area contributed by atoms with E-state index in [1.165, 1.54) is 19.3 Å². The highest BCUT2D eigenvalue weighted by Crippen LogP contribution is 2.35. The minimum Gasteiger partial charge on any atom is -0.481 e. The van der Waals surface area contributed by atoms with Crippen molar-refractivity contribution in [2.75, 3.05) is 18.8 Å². The summed E-state index contributed by atoms with van der Waals surface area (Å²) in [5.41, 5.74) is 0.899. The molecule has 1 saturated carbocycles. The third-order valence-electron chi connectivity index (χ3n) is 5.99. The molecule has 0 bridgehead atoms. The predicted molar refractivity (Wildman–Crippen MR) is 116 cm³/mol. The van der Waals surface area contributed by atoms with Crippen LogP contribution in [0, 0.1) is 0 Å². The monoisotopic (exact) mass is 419 g/mol. The maximum absolute atomic E-state index is 13.0. The molecule has 2 aliphatic rings. The Hall–Kier alpha value is -1.60. The smallest absolute Gasteiger partial charge is 0.304 e. The largest absolute Gasteiger partial charge is 0.481 e. The van der Waals surface area contributed by atoms with Crippen LogP contribution >= 0.6 is 11.8 Å². The minimum absolute atomic E-state index is 0.0522. The molecule has 1 aliphatic carbocycles. The van der Waals surface area contributed by atoms with Crippen LogP contribution in [0.25, 0.3) is 0 Å². The minimum atomic E-state index is -0.808. The Balaban J connectivity index is 1.87. The molecular formula is C22H33N3O3S.